The lowest BCUT2D eigenvalue weighted by Gasteiger charge is -2.45. The summed E-state index contributed by atoms with van der Waals surface area (Å²) in [6, 6.07) is -0.946. The van der Waals surface area contributed by atoms with Gasteiger partial charge in [-0.05, 0) is 44.6 Å². The first kappa shape index (κ1) is 35.7. The molecule has 4 rings (SSSR count). The van der Waals surface area contributed by atoms with Crippen LogP contribution < -0.4 is 5.73 Å². The molecule has 3 aliphatic heterocycles. The van der Waals surface area contributed by atoms with E-state index in [0.717, 1.165) is 0 Å². The average molecular weight is 634 g/mol. The number of hydrogen-bond donors (Lipinski definition) is 6. The van der Waals surface area contributed by atoms with Crippen molar-refractivity contribution in [3.8, 4) is 0 Å². The monoisotopic (exact) mass is 633 g/mol. The predicted octanol–water partition coefficient (Wildman–Crippen LogP) is 1.72. The lowest BCUT2D eigenvalue weighted by molar-refractivity contribution is -0.277. The van der Waals surface area contributed by atoms with E-state index in [0.29, 0.717) is 19.3 Å². The smallest absolute Gasteiger partial charge is 0.330 e. The molecule has 0 aromatic carbocycles. The molecule has 4 aliphatic rings. The van der Waals surface area contributed by atoms with Crippen molar-refractivity contribution in [3.05, 3.63) is 60.8 Å². The molecule has 0 aromatic rings. The second-order valence-electron chi connectivity index (χ2n) is 13.2. The second kappa shape index (κ2) is 16.1. The van der Waals surface area contributed by atoms with E-state index < -0.39 is 60.5 Å². The van der Waals surface area contributed by atoms with Gasteiger partial charge in [-0.15, -0.1) is 0 Å². The van der Waals surface area contributed by atoms with Crippen molar-refractivity contribution in [1.29, 1.82) is 0 Å². The average Bonchev–Trinajstić information content (AvgIpc) is 3.71. The summed E-state index contributed by atoms with van der Waals surface area (Å²) in [4.78, 5) is 12.2. The van der Waals surface area contributed by atoms with Crippen molar-refractivity contribution in [2.45, 2.75) is 132 Å². The van der Waals surface area contributed by atoms with Gasteiger partial charge in [0.1, 0.15) is 18.3 Å². The van der Waals surface area contributed by atoms with Gasteiger partial charge in [-0.2, -0.15) is 0 Å². The molecule has 45 heavy (non-hydrogen) atoms. The van der Waals surface area contributed by atoms with Gasteiger partial charge in [0.05, 0.1) is 48.3 Å². The maximum Gasteiger partial charge on any atom is 0.330 e. The van der Waals surface area contributed by atoms with Gasteiger partial charge in [0.15, 0.2) is 6.29 Å². The minimum atomic E-state index is -1.32. The van der Waals surface area contributed by atoms with Gasteiger partial charge in [0.25, 0.3) is 0 Å². The summed E-state index contributed by atoms with van der Waals surface area (Å²) < 4.78 is 23.0. The van der Waals surface area contributed by atoms with Crippen LogP contribution in [0.25, 0.3) is 0 Å². The summed E-state index contributed by atoms with van der Waals surface area (Å²) >= 11 is 0. The van der Waals surface area contributed by atoms with E-state index in [2.05, 4.69) is 0 Å². The Morgan fingerprint density at radius 1 is 0.889 bits per heavy atom. The zero-order chi connectivity index (χ0) is 32.7. The highest BCUT2D eigenvalue weighted by Crippen LogP contribution is 2.43. The van der Waals surface area contributed by atoms with Crippen LogP contribution in [0.2, 0.25) is 0 Å². The highest BCUT2D eigenvalue weighted by Gasteiger charge is 2.47. The molecule has 0 aromatic heterocycles. The summed E-state index contributed by atoms with van der Waals surface area (Å²) in [5.41, 5.74) is 4.72. The Hall–Kier alpha value is -2.19. The summed E-state index contributed by atoms with van der Waals surface area (Å²) in [5, 5.41) is 54.4. The number of carbonyl (C=O) groups excluding carboxylic acids is 1. The maximum atomic E-state index is 12.2. The first-order chi connectivity index (χ1) is 21.3. The second-order valence-corrected chi connectivity index (χ2v) is 13.2. The number of allylic oxidation sites excluding steroid dienone is 6. The summed E-state index contributed by atoms with van der Waals surface area (Å²) in [6.07, 6.45) is 12.3. The number of nitrogens with two attached hydrogens (primary N) is 1. The number of fused-ring (bicyclic) bond motifs is 3. The predicted molar refractivity (Wildman–Crippen MR) is 166 cm³/mol. The molecule has 14 atom stereocenters. The van der Waals surface area contributed by atoms with E-state index >= 15 is 0 Å². The third kappa shape index (κ3) is 10.4. The van der Waals surface area contributed by atoms with E-state index in [1.807, 2.05) is 62.5 Å². The topological polar surface area (TPSA) is 184 Å². The highest BCUT2D eigenvalue weighted by atomic mass is 16.7. The fraction of sp³-hybridized carbons (Fsp3) is 0.676. The summed E-state index contributed by atoms with van der Waals surface area (Å²) in [5.74, 6) is -0.827. The fourth-order valence-corrected chi connectivity index (χ4v) is 6.50. The van der Waals surface area contributed by atoms with E-state index in [4.69, 9.17) is 24.7 Å². The number of epoxide rings is 1. The number of carbonyl (C=O) groups is 1. The van der Waals surface area contributed by atoms with Crippen molar-refractivity contribution < 1.29 is 49.3 Å². The molecule has 0 amide bonds. The third-order valence-electron chi connectivity index (χ3n) is 9.29. The Kier molecular flexibility index (Phi) is 12.7. The van der Waals surface area contributed by atoms with Crippen LogP contribution >= 0.6 is 0 Å². The minimum Gasteiger partial charge on any atom is -0.459 e. The molecule has 11 nitrogen and oxygen atoms in total. The molecule has 11 heteroatoms. The molecule has 0 radical (unpaired) electrons. The highest BCUT2D eigenvalue weighted by molar-refractivity contribution is 5.82. The SMILES string of the molecule is CC1O[C@@H](O[C@H]2C=C/C=C/C=C/C=C/C[C@@H](C)OC(=O)/C=C/C3O[C@@H]3CC(O)C[C@]3(O)CC(O)[C@@H](C)[C@H](C2)C3)C(O)C(N)[C@@H]1O. The van der Waals surface area contributed by atoms with Gasteiger partial charge in [-0.25, -0.2) is 4.79 Å². The minimum absolute atomic E-state index is 0.0573. The number of cyclic esters (lactones) is 1. The van der Waals surface area contributed by atoms with Crippen LogP contribution in [0.5, 0.6) is 0 Å². The van der Waals surface area contributed by atoms with Crippen molar-refractivity contribution >= 4 is 5.97 Å². The van der Waals surface area contributed by atoms with Crippen LogP contribution in [-0.2, 0) is 23.7 Å². The van der Waals surface area contributed by atoms with E-state index in [1.54, 1.807) is 13.0 Å². The molecule has 7 N–H and O–H groups in total. The van der Waals surface area contributed by atoms with Crippen LogP contribution in [-0.4, -0.2) is 104 Å². The van der Waals surface area contributed by atoms with Gasteiger partial charge in [-0.1, -0.05) is 55.5 Å². The molecule has 0 spiro atoms. The first-order valence-corrected chi connectivity index (χ1v) is 16.1. The lowest BCUT2D eigenvalue weighted by atomic mass is 9.67. The zero-order valence-corrected chi connectivity index (χ0v) is 26.4. The molecule has 3 heterocycles. The third-order valence-corrected chi connectivity index (χ3v) is 9.29. The van der Waals surface area contributed by atoms with Gasteiger partial charge < -0.3 is 50.2 Å². The number of aliphatic hydroxyl groups is 5. The molecular formula is C34H51NO10. The largest absolute Gasteiger partial charge is 0.459 e. The van der Waals surface area contributed by atoms with Gasteiger partial charge >= 0.3 is 5.97 Å². The Morgan fingerprint density at radius 3 is 2.36 bits per heavy atom. The van der Waals surface area contributed by atoms with Crippen molar-refractivity contribution in [2.75, 3.05) is 0 Å². The zero-order valence-electron chi connectivity index (χ0n) is 26.4. The maximum absolute atomic E-state index is 12.2. The van der Waals surface area contributed by atoms with Gasteiger partial charge in [0.2, 0.25) is 0 Å². The van der Waals surface area contributed by atoms with Crippen molar-refractivity contribution in [2.24, 2.45) is 17.6 Å². The van der Waals surface area contributed by atoms with Crippen LogP contribution in [0.1, 0.15) is 59.3 Å². The number of ether oxygens (including phenoxy) is 4. The lowest BCUT2D eigenvalue weighted by Crippen LogP contribution is -2.61. The van der Waals surface area contributed by atoms with Crippen LogP contribution in [0.15, 0.2) is 60.8 Å². The van der Waals surface area contributed by atoms with Crippen molar-refractivity contribution in [1.82, 2.24) is 0 Å². The van der Waals surface area contributed by atoms with Gasteiger partial charge in [-0.3, -0.25) is 0 Å². The number of esters is 1. The summed E-state index contributed by atoms with van der Waals surface area (Å²) in [7, 11) is 0. The standard InChI is InChI=1S/C34H51NO10/c1-20-11-9-7-5-4-6-8-10-12-25(44-33-32(40)30(35)31(39)22(3)43-33)15-23-17-34(41,19-26(37)21(23)2)18-24(36)16-28-27(45-28)13-14-29(38)42-20/h4-10,12-14,20-28,30-33,36-37,39-41H,11,15-19,35H2,1-3H3/b5-4+,8-6+,9-7+,12-10?,14-13+/t20-,21+,22?,23-,24?,25+,26?,27?,28-,30?,31-,32?,33+,34+/m1/s1. The van der Waals surface area contributed by atoms with E-state index in [-0.39, 0.29) is 49.4 Å². The molecular weight excluding hydrogens is 582 g/mol. The molecule has 3 fully saturated rings. The van der Waals surface area contributed by atoms with Crippen LogP contribution in [0.3, 0.4) is 0 Å². The summed E-state index contributed by atoms with van der Waals surface area (Å²) in [6.45, 7) is 5.41. The molecule has 2 bridgehead atoms. The molecule has 6 unspecified atom stereocenters. The van der Waals surface area contributed by atoms with Crippen LogP contribution in [0.4, 0.5) is 0 Å². The molecule has 1 aliphatic carbocycles. The van der Waals surface area contributed by atoms with E-state index in [9.17, 15) is 30.3 Å². The van der Waals surface area contributed by atoms with E-state index in [1.165, 1.54) is 6.08 Å². The fourth-order valence-electron chi connectivity index (χ4n) is 6.50. The Labute approximate surface area is 265 Å². The molecule has 2 saturated heterocycles. The Balaban J connectivity index is 1.53. The normalized spacial score (nSPS) is 48.2. The quantitative estimate of drug-likeness (QED) is 0.192. The Morgan fingerprint density at radius 2 is 1.60 bits per heavy atom. The molecule has 1 saturated carbocycles. The molecule has 252 valence electrons. The van der Waals surface area contributed by atoms with Crippen molar-refractivity contribution in [3.63, 3.8) is 0 Å². The number of rotatable bonds is 2. The van der Waals surface area contributed by atoms with Crippen LogP contribution in [0, 0.1) is 11.8 Å². The number of aliphatic hydroxyl groups excluding tert-OH is 4. The Bertz CT molecular complexity index is 1120. The number of hydrogen-bond acceptors (Lipinski definition) is 11. The first-order valence-electron chi connectivity index (χ1n) is 16.1. The van der Waals surface area contributed by atoms with Gasteiger partial charge in [0, 0.05) is 31.8 Å².